The molecule has 3 aromatic heterocycles. The van der Waals surface area contributed by atoms with Gasteiger partial charge in [-0.05, 0) is 85.9 Å². The highest BCUT2D eigenvalue weighted by Gasteiger charge is 2.17. The molecule has 0 aliphatic carbocycles. The quantitative estimate of drug-likeness (QED) is 0.258. The highest BCUT2D eigenvalue weighted by atomic mass is 35.5. The van der Waals surface area contributed by atoms with Crippen molar-refractivity contribution in [1.29, 1.82) is 0 Å². The van der Waals surface area contributed by atoms with Crippen molar-refractivity contribution in [3.8, 4) is 16.9 Å². The lowest BCUT2D eigenvalue weighted by atomic mass is 10.1. The van der Waals surface area contributed by atoms with Crippen molar-refractivity contribution in [3.05, 3.63) is 77.0 Å². The number of carbonyl (C=O) groups excluding carboxylic acids is 1. The van der Waals surface area contributed by atoms with Crippen molar-refractivity contribution in [3.63, 3.8) is 0 Å². The minimum Gasteiger partial charge on any atom is -0.488 e. The van der Waals surface area contributed by atoms with Crippen molar-refractivity contribution in [2.45, 2.75) is 26.2 Å². The van der Waals surface area contributed by atoms with Crippen LogP contribution in [0.1, 0.15) is 35.3 Å². The summed E-state index contributed by atoms with van der Waals surface area (Å²) < 4.78 is 21.8. The summed E-state index contributed by atoms with van der Waals surface area (Å²) in [5, 5.41) is 3.12. The SMILES string of the molecule is Cc1cc(OCCN2CCCCC2)c2nc(C(=O)Nc3nc4ccc(-c5cc(F)cc(Cl)c5)cc4[nH]3)cn2c1. The molecule has 0 saturated carbocycles. The number of nitrogens with zero attached hydrogens (tertiary/aromatic N) is 4. The van der Waals surface area contributed by atoms with Crippen LogP contribution in [0.4, 0.5) is 10.3 Å². The molecule has 1 amide bonds. The highest BCUT2D eigenvalue weighted by molar-refractivity contribution is 6.30. The van der Waals surface area contributed by atoms with Crippen molar-refractivity contribution < 1.29 is 13.9 Å². The zero-order valence-corrected chi connectivity index (χ0v) is 22.3. The van der Waals surface area contributed by atoms with Crippen LogP contribution in [0, 0.1) is 12.7 Å². The molecule has 0 spiro atoms. The number of piperidine rings is 1. The second kappa shape index (κ2) is 10.7. The molecule has 39 heavy (non-hydrogen) atoms. The summed E-state index contributed by atoms with van der Waals surface area (Å²) >= 11 is 6.02. The molecule has 0 atom stereocenters. The second-order valence-corrected chi connectivity index (χ2v) is 10.4. The number of pyridine rings is 1. The maximum Gasteiger partial charge on any atom is 0.278 e. The van der Waals surface area contributed by atoms with Crippen molar-refractivity contribution in [2.24, 2.45) is 0 Å². The Morgan fingerprint density at radius 3 is 2.74 bits per heavy atom. The van der Waals surface area contributed by atoms with Gasteiger partial charge in [-0.3, -0.25) is 15.0 Å². The Bertz CT molecular complexity index is 1650. The van der Waals surface area contributed by atoms with Gasteiger partial charge in [-0.25, -0.2) is 14.4 Å². The molecule has 200 valence electrons. The van der Waals surface area contributed by atoms with Gasteiger partial charge in [0.25, 0.3) is 5.91 Å². The van der Waals surface area contributed by atoms with E-state index in [0.717, 1.165) is 30.8 Å². The van der Waals surface area contributed by atoms with Crippen LogP contribution in [-0.2, 0) is 0 Å². The predicted octanol–water partition coefficient (Wildman–Crippen LogP) is 6.10. The summed E-state index contributed by atoms with van der Waals surface area (Å²) in [7, 11) is 0. The van der Waals surface area contributed by atoms with Gasteiger partial charge in [0.15, 0.2) is 11.4 Å². The van der Waals surface area contributed by atoms with Gasteiger partial charge in [0.1, 0.15) is 18.1 Å². The van der Waals surface area contributed by atoms with E-state index in [9.17, 15) is 9.18 Å². The Morgan fingerprint density at radius 1 is 1.08 bits per heavy atom. The van der Waals surface area contributed by atoms with Crippen LogP contribution in [0.15, 0.2) is 54.9 Å². The molecule has 0 bridgehead atoms. The van der Waals surface area contributed by atoms with E-state index in [4.69, 9.17) is 16.3 Å². The number of halogens is 2. The molecule has 5 aromatic rings. The number of amides is 1. The van der Waals surface area contributed by atoms with Gasteiger partial charge in [-0.2, -0.15) is 0 Å². The first-order chi connectivity index (χ1) is 18.9. The van der Waals surface area contributed by atoms with Crippen LogP contribution >= 0.6 is 11.6 Å². The summed E-state index contributed by atoms with van der Waals surface area (Å²) in [5.41, 5.74) is 4.62. The minimum atomic E-state index is -0.409. The molecule has 2 aromatic carbocycles. The van der Waals surface area contributed by atoms with Gasteiger partial charge in [0.05, 0.1) is 11.0 Å². The number of benzene rings is 2. The lowest BCUT2D eigenvalue weighted by Crippen LogP contribution is -2.33. The monoisotopic (exact) mass is 546 g/mol. The van der Waals surface area contributed by atoms with E-state index in [1.807, 2.05) is 35.7 Å². The summed E-state index contributed by atoms with van der Waals surface area (Å²) in [5.74, 6) is 0.135. The number of rotatable bonds is 7. The van der Waals surface area contributed by atoms with E-state index in [2.05, 4.69) is 25.2 Å². The Kier molecular flexibility index (Phi) is 6.93. The van der Waals surface area contributed by atoms with Crippen molar-refractivity contribution >= 4 is 40.1 Å². The smallest absolute Gasteiger partial charge is 0.278 e. The van der Waals surface area contributed by atoms with Gasteiger partial charge in [0.2, 0.25) is 5.95 Å². The van der Waals surface area contributed by atoms with Crippen LogP contribution < -0.4 is 10.1 Å². The van der Waals surface area contributed by atoms with Crippen LogP contribution in [-0.4, -0.2) is 56.4 Å². The van der Waals surface area contributed by atoms with Crippen LogP contribution in [0.5, 0.6) is 5.75 Å². The number of hydrogen-bond acceptors (Lipinski definition) is 5. The Morgan fingerprint density at radius 2 is 1.92 bits per heavy atom. The average Bonchev–Trinajstić information content (AvgIpc) is 3.52. The molecule has 8 nitrogen and oxygen atoms in total. The van der Waals surface area contributed by atoms with Crippen LogP contribution in [0.3, 0.4) is 0 Å². The first-order valence-electron chi connectivity index (χ1n) is 13.0. The van der Waals surface area contributed by atoms with Gasteiger partial charge >= 0.3 is 0 Å². The fourth-order valence-electron chi connectivity index (χ4n) is 5.03. The number of fused-ring (bicyclic) bond motifs is 2. The van der Waals surface area contributed by atoms with Gasteiger partial charge in [0, 0.05) is 24.0 Å². The molecule has 1 saturated heterocycles. The number of ether oxygens (including phenoxy) is 1. The first-order valence-corrected chi connectivity index (χ1v) is 13.4. The highest BCUT2D eigenvalue weighted by Crippen LogP contribution is 2.28. The topological polar surface area (TPSA) is 87.5 Å². The Labute approximate surface area is 229 Å². The van der Waals surface area contributed by atoms with Gasteiger partial charge in [-0.15, -0.1) is 0 Å². The van der Waals surface area contributed by atoms with Crippen molar-refractivity contribution in [2.75, 3.05) is 31.6 Å². The zero-order chi connectivity index (χ0) is 26.9. The number of hydrogen-bond donors (Lipinski definition) is 2. The normalized spacial score (nSPS) is 14.2. The van der Waals surface area contributed by atoms with E-state index < -0.39 is 11.7 Å². The molecule has 6 rings (SSSR count). The van der Waals surface area contributed by atoms with E-state index in [1.54, 1.807) is 18.3 Å². The van der Waals surface area contributed by atoms with Gasteiger partial charge in [-0.1, -0.05) is 24.1 Å². The third-order valence-electron chi connectivity index (χ3n) is 6.91. The molecule has 0 unspecified atom stereocenters. The lowest BCUT2D eigenvalue weighted by Gasteiger charge is -2.26. The molecule has 1 fully saturated rings. The standard InChI is InChI=1S/C29H28ClFN6O2/c1-18-11-26(39-10-9-36-7-3-2-4-8-36)27-32-25(17-37(27)16-18)28(38)35-29-33-23-6-5-19(14-24(23)34-29)20-12-21(30)15-22(31)13-20/h5-6,11-17H,2-4,7-10H2,1H3,(H2,33,34,35,38). The molecular weight excluding hydrogens is 519 g/mol. The number of H-pyrrole nitrogens is 1. The largest absolute Gasteiger partial charge is 0.488 e. The molecular formula is C29H28ClFN6O2. The predicted molar refractivity (Wildman–Crippen MR) is 150 cm³/mol. The maximum atomic E-state index is 13.8. The van der Waals surface area contributed by atoms with Gasteiger partial charge < -0.3 is 14.1 Å². The molecule has 0 radical (unpaired) electrons. The number of anilines is 1. The number of aromatic amines is 1. The molecule has 1 aliphatic rings. The summed E-state index contributed by atoms with van der Waals surface area (Å²) in [6, 6.07) is 11.8. The van der Waals surface area contributed by atoms with E-state index in [-0.39, 0.29) is 11.6 Å². The summed E-state index contributed by atoms with van der Waals surface area (Å²) in [6.45, 7) is 5.65. The number of likely N-dealkylation sites (tertiary alicyclic amines) is 1. The fourth-order valence-corrected chi connectivity index (χ4v) is 5.25. The molecule has 4 heterocycles. The third kappa shape index (κ3) is 5.60. The molecule has 10 heteroatoms. The molecule has 2 N–H and O–H groups in total. The van der Waals surface area contributed by atoms with E-state index in [1.165, 1.54) is 31.4 Å². The fraction of sp³-hybridized carbons (Fsp3) is 0.276. The van der Waals surface area contributed by atoms with Crippen LogP contribution in [0.25, 0.3) is 27.8 Å². The Hall–Kier alpha value is -3.95. The molecule has 1 aliphatic heterocycles. The number of nitrogens with one attached hydrogen (secondary N) is 2. The second-order valence-electron chi connectivity index (χ2n) is 9.92. The number of carbonyl (C=O) groups is 1. The summed E-state index contributed by atoms with van der Waals surface area (Å²) in [6.07, 6.45) is 7.37. The maximum absolute atomic E-state index is 13.8. The third-order valence-corrected chi connectivity index (χ3v) is 7.13. The average molecular weight is 547 g/mol. The first kappa shape index (κ1) is 25.3. The van der Waals surface area contributed by atoms with Crippen LogP contribution in [0.2, 0.25) is 5.02 Å². The number of aryl methyl sites for hydroxylation is 1. The van der Waals surface area contributed by atoms with E-state index >= 15 is 0 Å². The minimum absolute atomic E-state index is 0.247. The number of imidazole rings is 2. The zero-order valence-electron chi connectivity index (χ0n) is 21.5. The lowest BCUT2D eigenvalue weighted by molar-refractivity contribution is 0.102. The van der Waals surface area contributed by atoms with Crippen molar-refractivity contribution in [1.82, 2.24) is 24.3 Å². The number of aromatic nitrogens is 4. The van der Waals surface area contributed by atoms with E-state index in [0.29, 0.717) is 39.6 Å². The Balaban J connectivity index is 1.19. The summed E-state index contributed by atoms with van der Waals surface area (Å²) in [4.78, 5) is 27.7.